The minimum Gasteiger partial charge on any atom is -0.296 e. The SMILES string of the molecule is CC(C)c1cc(-c2cn3c(-c4ccc5[nH]ncc5c4F)c(C4CC4)nc3cn2)ccc1F. The second-order valence-electron chi connectivity index (χ2n) is 8.77. The van der Waals surface area contributed by atoms with E-state index in [1.165, 1.54) is 12.3 Å². The minimum atomic E-state index is -0.317. The first kappa shape index (κ1) is 19.1. The van der Waals surface area contributed by atoms with Gasteiger partial charge in [-0.2, -0.15) is 5.10 Å². The molecule has 1 N–H and O–H groups in total. The van der Waals surface area contributed by atoms with Crippen LogP contribution in [-0.4, -0.2) is 24.6 Å². The first-order valence-corrected chi connectivity index (χ1v) is 10.8. The Kier molecular flexibility index (Phi) is 4.15. The largest absolute Gasteiger partial charge is 0.296 e. The Balaban J connectivity index is 1.59. The summed E-state index contributed by atoms with van der Waals surface area (Å²) in [5, 5.41) is 7.24. The van der Waals surface area contributed by atoms with Gasteiger partial charge in [-0.3, -0.25) is 14.5 Å². The van der Waals surface area contributed by atoms with Crippen molar-refractivity contribution in [1.29, 1.82) is 0 Å². The van der Waals surface area contributed by atoms with E-state index in [9.17, 15) is 4.39 Å². The molecule has 0 aliphatic heterocycles. The number of aromatic amines is 1. The van der Waals surface area contributed by atoms with E-state index in [0.717, 1.165) is 29.8 Å². The number of nitrogens with one attached hydrogen (secondary N) is 1. The average molecular weight is 429 g/mol. The highest BCUT2D eigenvalue weighted by atomic mass is 19.1. The van der Waals surface area contributed by atoms with E-state index in [2.05, 4.69) is 15.2 Å². The normalized spacial score (nSPS) is 14.2. The highest BCUT2D eigenvalue weighted by molar-refractivity contribution is 5.85. The number of fused-ring (bicyclic) bond motifs is 2. The van der Waals surface area contributed by atoms with Crippen LogP contribution in [0.25, 0.3) is 39.1 Å². The molecule has 0 bridgehead atoms. The van der Waals surface area contributed by atoms with Crippen LogP contribution < -0.4 is 0 Å². The van der Waals surface area contributed by atoms with Gasteiger partial charge in [0.1, 0.15) is 11.6 Å². The van der Waals surface area contributed by atoms with Crippen LogP contribution >= 0.6 is 0 Å². The number of hydrogen-bond donors (Lipinski definition) is 1. The fourth-order valence-corrected chi connectivity index (χ4v) is 4.34. The Morgan fingerprint density at radius 1 is 1.09 bits per heavy atom. The van der Waals surface area contributed by atoms with Crippen LogP contribution in [0.3, 0.4) is 0 Å². The molecular weight excluding hydrogens is 408 g/mol. The van der Waals surface area contributed by atoms with Crippen LogP contribution in [0.15, 0.2) is 48.9 Å². The molecule has 3 aromatic heterocycles. The second-order valence-corrected chi connectivity index (χ2v) is 8.77. The van der Waals surface area contributed by atoms with Crippen LogP contribution in [0.1, 0.15) is 49.8 Å². The average Bonchev–Trinajstić information content (AvgIpc) is 3.39. The maximum absolute atomic E-state index is 15.5. The summed E-state index contributed by atoms with van der Waals surface area (Å²) < 4.78 is 31.7. The Morgan fingerprint density at radius 3 is 2.72 bits per heavy atom. The van der Waals surface area contributed by atoms with Crippen LogP contribution in [-0.2, 0) is 0 Å². The smallest absolute Gasteiger partial charge is 0.156 e. The zero-order valence-corrected chi connectivity index (χ0v) is 17.7. The number of rotatable bonds is 4. The Morgan fingerprint density at radius 2 is 1.94 bits per heavy atom. The van der Waals surface area contributed by atoms with Crippen molar-refractivity contribution in [2.24, 2.45) is 0 Å². The summed E-state index contributed by atoms with van der Waals surface area (Å²) in [6.07, 6.45) is 7.18. The van der Waals surface area contributed by atoms with E-state index in [1.807, 2.05) is 36.6 Å². The van der Waals surface area contributed by atoms with Gasteiger partial charge in [0.15, 0.2) is 5.65 Å². The summed E-state index contributed by atoms with van der Waals surface area (Å²) in [5.74, 6) is -0.159. The molecule has 5 aromatic rings. The van der Waals surface area contributed by atoms with Crippen molar-refractivity contribution >= 4 is 16.6 Å². The summed E-state index contributed by atoms with van der Waals surface area (Å²) in [4.78, 5) is 9.39. The third kappa shape index (κ3) is 2.92. The molecule has 0 saturated heterocycles. The van der Waals surface area contributed by atoms with Gasteiger partial charge in [0.05, 0.1) is 40.4 Å². The summed E-state index contributed by atoms with van der Waals surface area (Å²) in [5.41, 5.74) is 5.61. The zero-order valence-electron chi connectivity index (χ0n) is 17.7. The lowest BCUT2D eigenvalue weighted by atomic mass is 9.99. The van der Waals surface area contributed by atoms with Gasteiger partial charge in [0.2, 0.25) is 0 Å². The standard InChI is InChI=1S/C25H21F2N5/c1-13(2)17-9-15(5-7-19(17)26)21-12-32-22(11-28-21)30-24(14-3-4-14)25(32)16-6-8-20-18(23(16)27)10-29-31-20/h5-14H,3-4H2,1-2H3,(H,29,31). The van der Waals surface area contributed by atoms with Gasteiger partial charge < -0.3 is 0 Å². The lowest BCUT2D eigenvalue weighted by Gasteiger charge is -2.11. The van der Waals surface area contributed by atoms with Gasteiger partial charge in [-0.1, -0.05) is 13.8 Å². The number of halogens is 2. The molecule has 3 heterocycles. The molecule has 5 nitrogen and oxygen atoms in total. The maximum Gasteiger partial charge on any atom is 0.156 e. The third-order valence-electron chi connectivity index (χ3n) is 6.23. The number of imidazole rings is 1. The molecule has 0 unspecified atom stereocenters. The Labute approximate surface area is 183 Å². The van der Waals surface area contributed by atoms with E-state index in [1.54, 1.807) is 18.3 Å². The monoisotopic (exact) mass is 429 g/mol. The molecule has 1 aliphatic rings. The molecule has 6 rings (SSSR count). The van der Waals surface area contributed by atoms with Crippen LogP contribution in [0.2, 0.25) is 0 Å². The molecule has 0 spiro atoms. The van der Waals surface area contributed by atoms with Crippen molar-refractivity contribution in [3.8, 4) is 22.5 Å². The Bertz CT molecular complexity index is 1490. The quantitative estimate of drug-likeness (QED) is 0.369. The number of H-pyrrole nitrogens is 1. The maximum atomic E-state index is 15.5. The number of hydrogen-bond acceptors (Lipinski definition) is 3. The van der Waals surface area contributed by atoms with E-state index >= 15 is 4.39 Å². The summed E-state index contributed by atoms with van der Waals surface area (Å²) in [6, 6.07) is 8.66. The van der Waals surface area contributed by atoms with Crippen LogP contribution in [0.4, 0.5) is 8.78 Å². The van der Waals surface area contributed by atoms with Crippen molar-refractivity contribution in [2.45, 2.75) is 38.5 Å². The van der Waals surface area contributed by atoms with Gasteiger partial charge in [0, 0.05) is 23.2 Å². The van der Waals surface area contributed by atoms with Crippen molar-refractivity contribution in [2.75, 3.05) is 0 Å². The van der Waals surface area contributed by atoms with E-state index in [4.69, 9.17) is 4.98 Å². The van der Waals surface area contributed by atoms with Crippen molar-refractivity contribution < 1.29 is 8.78 Å². The fourth-order valence-electron chi connectivity index (χ4n) is 4.34. The Hall–Kier alpha value is -3.61. The van der Waals surface area contributed by atoms with Crippen LogP contribution in [0, 0.1) is 11.6 Å². The number of aromatic nitrogens is 5. The molecule has 0 radical (unpaired) electrons. The summed E-state index contributed by atoms with van der Waals surface area (Å²) in [7, 11) is 0. The van der Waals surface area contributed by atoms with Crippen LogP contribution in [0.5, 0.6) is 0 Å². The lowest BCUT2D eigenvalue weighted by Crippen LogP contribution is -1.98. The first-order chi connectivity index (χ1) is 15.5. The predicted molar refractivity (Wildman–Crippen MR) is 119 cm³/mol. The van der Waals surface area contributed by atoms with Crippen molar-refractivity contribution in [3.63, 3.8) is 0 Å². The highest BCUT2D eigenvalue weighted by Crippen LogP contribution is 2.45. The first-order valence-electron chi connectivity index (χ1n) is 10.8. The van der Waals surface area contributed by atoms with Gasteiger partial charge in [-0.15, -0.1) is 0 Å². The highest BCUT2D eigenvalue weighted by Gasteiger charge is 2.32. The molecule has 1 saturated carbocycles. The molecule has 1 aliphatic carbocycles. The zero-order chi connectivity index (χ0) is 22.0. The second kappa shape index (κ2) is 6.95. The summed E-state index contributed by atoms with van der Waals surface area (Å²) >= 11 is 0. The molecule has 0 atom stereocenters. The lowest BCUT2D eigenvalue weighted by molar-refractivity contribution is 0.598. The van der Waals surface area contributed by atoms with Gasteiger partial charge >= 0.3 is 0 Å². The molecule has 7 heteroatoms. The van der Waals surface area contributed by atoms with Gasteiger partial charge in [0.25, 0.3) is 0 Å². The molecule has 2 aromatic carbocycles. The fraction of sp³-hybridized carbons (Fsp3) is 0.240. The molecular formula is C25H21F2N5. The van der Waals surface area contributed by atoms with E-state index in [-0.39, 0.29) is 17.6 Å². The summed E-state index contributed by atoms with van der Waals surface area (Å²) in [6.45, 7) is 3.92. The number of nitrogens with zero attached hydrogens (tertiary/aromatic N) is 4. The molecule has 32 heavy (non-hydrogen) atoms. The van der Waals surface area contributed by atoms with Gasteiger partial charge in [-0.05, 0) is 54.7 Å². The minimum absolute atomic E-state index is 0.0553. The van der Waals surface area contributed by atoms with Crippen molar-refractivity contribution in [3.05, 3.63) is 71.8 Å². The van der Waals surface area contributed by atoms with E-state index < -0.39 is 0 Å². The topological polar surface area (TPSA) is 58.9 Å². The number of benzene rings is 2. The molecule has 0 amide bonds. The van der Waals surface area contributed by atoms with Gasteiger partial charge in [-0.25, -0.2) is 13.8 Å². The third-order valence-corrected chi connectivity index (χ3v) is 6.23. The molecule has 1 fully saturated rings. The van der Waals surface area contributed by atoms with E-state index in [0.29, 0.717) is 39.3 Å². The van der Waals surface area contributed by atoms with Crippen molar-refractivity contribution in [1.82, 2.24) is 24.6 Å². The molecule has 160 valence electrons. The predicted octanol–water partition coefficient (Wildman–Crippen LogP) is 6.22.